The molecule has 0 atom stereocenters. The monoisotopic (exact) mass is 388 g/mol. The van der Waals surface area contributed by atoms with Gasteiger partial charge in [0.15, 0.2) is 0 Å². The largest absolute Gasteiger partial charge is 0.269 e. The molecule has 0 bridgehead atoms. The van der Waals surface area contributed by atoms with Gasteiger partial charge in [0.05, 0.1) is 0 Å². The SMILES string of the molecule is C1CCCCC1.F.F.F.F.F.F.[W]. The summed E-state index contributed by atoms with van der Waals surface area (Å²) in [6.45, 7) is 0. The second-order valence-corrected chi connectivity index (χ2v) is 2.12. The van der Waals surface area contributed by atoms with Gasteiger partial charge in [-0.15, -0.1) is 0 Å². The molecule has 0 amide bonds. The van der Waals surface area contributed by atoms with Crippen LogP contribution in [-0.4, -0.2) is 0 Å². The summed E-state index contributed by atoms with van der Waals surface area (Å²) >= 11 is 0. The van der Waals surface area contributed by atoms with Crippen molar-refractivity contribution in [1.82, 2.24) is 0 Å². The fourth-order valence-corrected chi connectivity index (χ4v) is 1.06. The zero-order valence-electron chi connectivity index (χ0n) is 7.10. The summed E-state index contributed by atoms with van der Waals surface area (Å²) in [5.41, 5.74) is 0. The predicted octanol–water partition coefficient (Wildman–Crippen LogP) is 3.25. The minimum absolute atomic E-state index is 0. The van der Waals surface area contributed by atoms with E-state index in [0.717, 1.165) is 0 Å². The van der Waals surface area contributed by atoms with Gasteiger partial charge in [-0.25, -0.2) is 0 Å². The first kappa shape index (κ1) is 50.8. The number of hydrogen-bond donors (Lipinski definition) is 0. The molecule has 0 unspecified atom stereocenters. The van der Waals surface area contributed by atoms with Crippen molar-refractivity contribution in [3.63, 3.8) is 0 Å². The average Bonchev–Trinajstić information content (AvgIpc) is 1.72. The maximum atomic E-state index is 1.50. The van der Waals surface area contributed by atoms with Crippen LogP contribution in [0.1, 0.15) is 38.5 Å². The third-order valence-corrected chi connectivity index (χ3v) is 1.50. The molecular weight excluding hydrogens is 370 g/mol. The van der Waals surface area contributed by atoms with Crippen LogP contribution >= 0.6 is 0 Å². The third kappa shape index (κ3) is 32.9. The molecular formula is C6H18F6W. The van der Waals surface area contributed by atoms with E-state index in [4.69, 9.17) is 0 Å². The second kappa shape index (κ2) is 39.6. The van der Waals surface area contributed by atoms with Crippen LogP contribution < -0.4 is 0 Å². The molecule has 1 aliphatic carbocycles. The minimum Gasteiger partial charge on any atom is -0.269 e. The maximum Gasteiger partial charge on any atom is 0 e. The normalized spacial score (nSPS) is 11.1. The second-order valence-electron chi connectivity index (χ2n) is 2.12. The molecule has 0 aromatic heterocycles. The van der Waals surface area contributed by atoms with E-state index in [-0.39, 0.29) is 49.3 Å². The molecule has 1 saturated carbocycles. The number of hydrogen-bond acceptors (Lipinski definition) is 0. The molecule has 0 aromatic carbocycles. The molecule has 90 valence electrons. The number of halogens is 6. The topological polar surface area (TPSA) is 0 Å². The first-order valence-electron chi connectivity index (χ1n) is 3.00. The van der Waals surface area contributed by atoms with Gasteiger partial charge in [0.25, 0.3) is 0 Å². The van der Waals surface area contributed by atoms with E-state index in [1.807, 2.05) is 0 Å². The molecule has 13 heavy (non-hydrogen) atoms. The Morgan fingerprint density at radius 3 is 0.462 bits per heavy atom. The molecule has 0 heterocycles. The summed E-state index contributed by atoms with van der Waals surface area (Å²) < 4.78 is 0. The fraction of sp³-hybridized carbons (Fsp3) is 1.00. The van der Waals surface area contributed by atoms with E-state index >= 15 is 0 Å². The van der Waals surface area contributed by atoms with Crippen molar-refractivity contribution in [2.75, 3.05) is 0 Å². The first-order valence-corrected chi connectivity index (χ1v) is 3.00. The van der Waals surface area contributed by atoms with Gasteiger partial charge in [-0.3, -0.25) is 28.2 Å². The van der Waals surface area contributed by atoms with E-state index in [1.54, 1.807) is 0 Å². The van der Waals surface area contributed by atoms with Gasteiger partial charge in [-0.05, 0) is 0 Å². The van der Waals surface area contributed by atoms with E-state index in [1.165, 1.54) is 38.5 Å². The summed E-state index contributed by atoms with van der Waals surface area (Å²) in [5.74, 6) is 0. The van der Waals surface area contributed by atoms with Gasteiger partial charge in [-0.2, -0.15) is 0 Å². The Labute approximate surface area is 88.3 Å². The van der Waals surface area contributed by atoms with Gasteiger partial charge in [0.1, 0.15) is 0 Å². The average molecular weight is 388 g/mol. The zero-order valence-corrected chi connectivity index (χ0v) is 10.0. The van der Waals surface area contributed by atoms with Crippen LogP contribution in [0.25, 0.3) is 0 Å². The molecule has 1 aliphatic rings. The van der Waals surface area contributed by atoms with Crippen molar-refractivity contribution < 1.29 is 49.3 Å². The molecule has 0 aromatic rings. The summed E-state index contributed by atoms with van der Waals surface area (Å²) in [7, 11) is 0. The van der Waals surface area contributed by atoms with Crippen LogP contribution in [0.2, 0.25) is 0 Å². The maximum absolute atomic E-state index is 1.50. The van der Waals surface area contributed by atoms with Crippen molar-refractivity contribution in [1.29, 1.82) is 0 Å². The first-order chi connectivity index (χ1) is 3.00. The van der Waals surface area contributed by atoms with E-state index in [2.05, 4.69) is 0 Å². The van der Waals surface area contributed by atoms with E-state index in [9.17, 15) is 0 Å². The molecule has 0 nitrogen and oxygen atoms in total. The summed E-state index contributed by atoms with van der Waals surface area (Å²) in [4.78, 5) is 0. The standard InChI is InChI=1S/C6H12.6FH.W/c1-2-4-6-5-3-1;;;;;;;/h1-6H2;6*1H;. The molecule has 0 aliphatic heterocycles. The smallest absolute Gasteiger partial charge is 0 e. The van der Waals surface area contributed by atoms with Crippen molar-refractivity contribution >= 4 is 0 Å². The van der Waals surface area contributed by atoms with Crippen LogP contribution in [0.4, 0.5) is 28.2 Å². The van der Waals surface area contributed by atoms with Crippen molar-refractivity contribution in [2.24, 2.45) is 0 Å². The van der Waals surface area contributed by atoms with Crippen LogP contribution in [0, 0.1) is 0 Å². The van der Waals surface area contributed by atoms with Crippen LogP contribution in [0.5, 0.6) is 0 Å². The van der Waals surface area contributed by atoms with Gasteiger partial charge < -0.3 is 0 Å². The summed E-state index contributed by atoms with van der Waals surface area (Å²) in [6.07, 6.45) is 9.00. The molecule has 0 spiro atoms. The summed E-state index contributed by atoms with van der Waals surface area (Å²) in [6, 6.07) is 0. The van der Waals surface area contributed by atoms with E-state index in [0.29, 0.717) is 0 Å². The minimum atomic E-state index is 0. The molecule has 0 radical (unpaired) electrons. The van der Waals surface area contributed by atoms with Gasteiger partial charge >= 0.3 is 0 Å². The molecule has 1 rings (SSSR count). The van der Waals surface area contributed by atoms with Gasteiger partial charge in [-0.1, -0.05) is 38.5 Å². The molecule has 7 heteroatoms. The Morgan fingerprint density at radius 1 is 0.308 bits per heavy atom. The Hall–Kier alpha value is 0.268. The van der Waals surface area contributed by atoms with Crippen molar-refractivity contribution in [3.8, 4) is 0 Å². The fourth-order valence-electron chi connectivity index (χ4n) is 1.06. The van der Waals surface area contributed by atoms with Gasteiger partial charge in [0.2, 0.25) is 0 Å². The van der Waals surface area contributed by atoms with E-state index < -0.39 is 0 Å². The van der Waals surface area contributed by atoms with Crippen LogP contribution in [-0.2, 0) is 21.1 Å². The quantitative estimate of drug-likeness (QED) is 0.560. The van der Waals surface area contributed by atoms with Crippen molar-refractivity contribution in [2.45, 2.75) is 38.5 Å². The van der Waals surface area contributed by atoms with Crippen molar-refractivity contribution in [3.05, 3.63) is 0 Å². The van der Waals surface area contributed by atoms with Crippen LogP contribution in [0.3, 0.4) is 0 Å². The summed E-state index contributed by atoms with van der Waals surface area (Å²) in [5, 5.41) is 0. The molecule has 0 N–H and O–H groups in total. The molecule has 0 saturated heterocycles. The zero-order chi connectivity index (χ0) is 4.24. The number of rotatable bonds is 0. The molecule has 1 fully saturated rings. The van der Waals surface area contributed by atoms with Crippen LogP contribution in [0.15, 0.2) is 0 Å². The Balaban J connectivity index is -0.0000000103. The third-order valence-electron chi connectivity index (χ3n) is 1.50. The van der Waals surface area contributed by atoms with Gasteiger partial charge in [0, 0.05) is 21.1 Å². The Bertz CT molecular complexity index is 32.6. The Morgan fingerprint density at radius 2 is 0.385 bits per heavy atom. The predicted molar refractivity (Wildman–Crippen MR) is 42.7 cm³/mol. The Kier molecular flexibility index (Phi) is 155.